The van der Waals surface area contributed by atoms with Crippen LogP contribution >= 0.6 is 11.7 Å². The summed E-state index contributed by atoms with van der Waals surface area (Å²) in [6.07, 6.45) is 1.94. The maximum absolute atomic E-state index is 12.0. The average molecular weight is 303 g/mol. The van der Waals surface area contributed by atoms with Crippen LogP contribution in [0.25, 0.3) is 0 Å². The third-order valence-electron chi connectivity index (χ3n) is 3.63. The Morgan fingerprint density at radius 3 is 2.76 bits per heavy atom. The van der Waals surface area contributed by atoms with Crippen LogP contribution in [0, 0.1) is 6.92 Å². The first-order valence-corrected chi connectivity index (χ1v) is 7.71. The van der Waals surface area contributed by atoms with E-state index in [2.05, 4.69) is 26.2 Å². The Labute approximate surface area is 127 Å². The van der Waals surface area contributed by atoms with Gasteiger partial charge < -0.3 is 10.1 Å². The van der Waals surface area contributed by atoms with E-state index in [-0.39, 0.29) is 18.1 Å². The lowest BCUT2D eigenvalue weighted by atomic mass is 9.89. The van der Waals surface area contributed by atoms with Crippen LogP contribution in [0.5, 0.6) is 0 Å². The van der Waals surface area contributed by atoms with Crippen LogP contribution in [-0.4, -0.2) is 26.8 Å². The van der Waals surface area contributed by atoms with Crippen molar-refractivity contribution in [3.63, 3.8) is 0 Å². The number of carbonyl (C=O) groups is 1. The molecule has 0 aliphatic heterocycles. The van der Waals surface area contributed by atoms with Crippen LogP contribution < -0.4 is 5.32 Å². The van der Waals surface area contributed by atoms with Crippen LogP contribution in [0.2, 0.25) is 0 Å². The number of aryl methyl sites for hydroxylation is 1. The molecule has 110 valence electrons. The molecule has 1 aliphatic rings. The van der Waals surface area contributed by atoms with Gasteiger partial charge in [-0.2, -0.15) is 8.75 Å². The van der Waals surface area contributed by atoms with Crippen molar-refractivity contribution in [2.75, 3.05) is 0 Å². The predicted molar refractivity (Wildman–Crippen MR) is 80.2 cm³/mol. The van der Waals surface area contributed by atoms with Gasteiger partial charge in [0, 0.05) is 6.04 Å². The molecule has 5 nitrogen and oxygen atoms in total. The van der Waals surface area contributed by atoms with E-state index < -0.39 is 0 Å². The molecule has 1 amide bonds. The Balaban J connectivity index is 1.40. The molecule has 1 N–H and O–H groups in total. The van der Waals surface area contributed by atoms with Gasteiger partial charge in [-0.05, 0) is 25.3 Å². The summed E-state index contributed by atoms with van der Waals surface area (Å²) in [5, 5.41) is 2.97. The van der Waals surface area contributed by atoms with Gasteiger partial charge in [0.05, 0.1) is 30.1 Å². The second-order valence-corrected chi connectivity index (χ2v) is 5.79. The van der Waals surface area contributed by atoms with Crippen molar-refractivity contribution >= 4 is 17.6 Å². The van der Waals surface area contributed by atoms with Crippen LogP contribution in [0.4, 0.5) is 0 Å². The normalized spacial score (nSPS) is 20.8. The lowest BCUT2D eigenvalue weighted by Gasteiger charge is -2.35. The van der Waals surface area contributed by atoms with Crippen molar-refractivity contribution in [3.8, 4) is 0 Å². The molecule has 1 saturated carbocycles. The van der Waals surface area contributed by atoms with Crippen LogP contribution in [0.1, 0.15) is 34.6 Å². The van der Waals surface area contributed by atoms with Crippen molar-refractivity contribution in [1.82, 2.24) is 14.1 Å². The van der Waals surface area contributed by atoms with Gasteiger partial charge in [-0.25, -0.2) is 0 Å². The Morgan fingerprint density at radius 1 is 1.33 bits per heavy atom. The molecule has 6 heteroatoms. The smallest absolute Gasteiger partial charge is 0.273 e. The largest absolute Gasteiger partial charge is 0.373 e. The lowest BCUT2D eigenvalue weighted by molar-refractivity contribution is -0.0251. The standard InChI is InChI=1S/C15H17N3O2S/c1-10-14(18-21-17-10)15(19)16-12-7-13(8-12)20-9-11-5-3-2-4-6-11/h2-6,12-13H,7-9H2,1H3,(H,16,19). The van der Waals surface area contributed by atoms with E-state index in [9.17, 15) is 4.79 Å². The van der Waals surface area contributed by atoms with Gasteiger partial charge in [0.2, 0.25) is 0 Å². The minimum atomic E-state index is -0.132. The SMILES string of the molecule is Cc1nsnc1C(=O)NC1CC(OCc2ccccc2)C1. The van der Waals surface area contributed by atoms with Gasteiger partial charge in [-0.15, -0.1) is 0 Å². The van der Waals surface area contributed by atoms with Gasteiger partial charge in [0.25, 0.3) is 5.91 Å². The zero-order chi connectivity index (χ0) is 14.7. The number of carbonyl (C=O) groups excluding carboxylic acids is 1. The monoisotopic (exact) mass is 303 g/mol. The maximum Gasteiger partial charge on any atom is 0.273 e. The number of nitrogens with one attached hydrogen (secondary N) is 1. The first-order valence-electron chi connectivity index (χ1n) is 6.98. The number of rotatable bonds is 5. The van der Waals surface area contributed by atoms with Gasteiger partial charge in [-0.3, -0.25) is 4.79 Å². The molecule has 3 rings (SSSR count). The Kier molecular flexibility index (Phi) is 4.26. The fourth-order valence-corrected chi connectivity index (χ4v) is 2.85. The number of hydrogen-bond acceptors (Lipinski definition) is 5. The number of hydrogen-bond donors (Lipinski definition) is 1. The fourth-order valence-electron chi connectivity index (χ4n) is 2.30. The lowest BCUT2D eigenvalue weighted by Crippen LogP contribution is -2.47. The van der Waals surface area contributed by atoms with Gasteiger partial charge in [0.1, 0.15) is 0 Å². The van der Waals surface area contributed by atoms with Gasteiger partial charge >= 0.3 is 0 Å². The quantitative estimate of drug-likeness (QED) is 0.920. The van der Waals surface area contributed by atoms with Crippen LogP contribution in [-0.2, 0) is 11.3 Å². The molecular weight excluding hydrogens is 286 g/mol. The second kappa shape index (κ2) is 6.32. The Bertz CT molecular complexity index is 608. The molecule has 0 atom stereocenters. The van der Waals surface area contributed by atoms with Gasteiger partial charge in [0.15, 0.2) is 5.69 Å². The van der Waals surface area contributed by atoms with Gasteiger partial charge in [-0.1, -0.05) is 30.3 Å². The van der Waals surface area contributed by atoms with Crippen molar-refractivity contribution in [3.05, 3.63) is 47.3 Å². The summed E-state index contributed by atoms with van der Waals surface area (Å²) in [6, 6.07) is 10.3. The molecule has 0 spiro atoms. The maximum atomic E-state index is 12.0. The van der Waals surface area contributed by atoms with E-state index in [1.54, 1.807) is 6.92 Å². The van der Waals surface area contributed by atoms with Crippen molar-refractivity contribution in [2.45, 2.75) is 38.5 Å². The fraction of sp³-hybridized carbons (Fsp3) is 0.400. The molecule has 1 aliphatic carbocycles. The van der Waals surface area contributed by atoms with E-state index in [1.807, 2.05) is 18.2 Å². The molecule has 21 heavy (non-hydrogen) atoms. The minimum Gasteiger partial charge on any atom is -0.373 e. The molecule has 0 saturated heterocycles. The van der Waals surface area contributed by atoms with Crippen molar-refractivity contribution in [2.24, 2.45) is 0 Å². The van der Waals surface area contributed by atoms with E-state index in [4.69, 9.17) is 4.74 Å². The highest BCUT2D eigenvalue weighted by Crippen LogP contribution is 2.25. The number of benzene rings is 1. The summed E-state index contributed by atoms with van der Waals surface area (Å²) in [5.41, 5.74) is 2.30. The van der Waals surface area contributed by atoms with E-state index in [0.29, 0.717) is 18.0 Å². The van der Waals surface area contributed by atoms with Crippen LogP contribution in [0.15, 0.2) is 30.3 Å². The topological polar surface area (TPSA) is 64.1 Å². The Hall–Kier alpha value is -1.79. The summed E-state index contributed by atoms with van der Waals surface area (Å²) >= 11 is 1.07. The molecule has 1 fully saturated rings. The second-order valence-electron chi connectivity index (χ2n) is 5.26. The van der Waals surface area contributed by atoms with E-state index >= 15 is 0 Å². The molecule has 0 unspecified atom stereocenters. The number of amides is 1. The summed E-state index contributed by atoms with van der Waals surface area (Å²) < 4.78 is 13.8. The molecular formula is C15H17N3O2S. The molecule has 0 radical (unpaired) electrons. The highest BCUT2D eigenvalue weighted by atomic mass is 32.1. The molecule has 1 aromatic heterocycles. The molecule has 1 aromatic carbocycles. The van der Waals surface area contributed by atoms with E-state index in [1.165, 1.54) is 5.56 Å². The predicted octanol–water partition coefficient (Wildman–Crippen LogP) is 2.32. The molecule has 2 aromatic rings. The highest BCUT2D eigenvalue weighted by Gasteiger charge is 2.32. The number of nitrogens with zero attached hydrogens (tertiary/aromatic N) is 2. The molecule has 0 bridgehead atoms. The average Bonchev–Trinajstić information content (AvgIpc) is 2.88. The first kappa shape index (κ1) is 14.2. The minimum absolute atomic E-state index is 0.132. The zero-order valence-electron chi connectivity index (χ0n) is 11.8. The summed E-state index contributed by atoms with van der Waals surface area (Å²) in [7, 11) is 0. The third kappa shape index (κ3) is 3.46. The summed E-state index contributed by atoms with van der Waals surface area (Å²) in [5.74, 6) is -0.132. The highest BCUT2D eigenvalue weighted by molar-refractivity contribution is 6.99. The summed E-state index contributed by atoms with van der Waals surface area (Å²) in [4.78, 5) is 12.0. The van der Waals surface area contributed by atoms with Crippen molar-refractivity contribution in [1.29, 1.82) is 0 Å². The number of aromatic nitrogens is 2. The first-order chi connectivity index (χ1) is 10.2. The van der Waals surface area contributed by atoms with Crippen LogP contribution in [0.3, 0.4) is 0 Å². The third-order valence-corrected chi connectivity index (χ3v) is 4.25. The zero-order valence-corrected chi connectivity index (χ0v) is 12.6. The number of ether oxygens (including phenoxy) is 1. The summed E-state index contributed by atoms with van der Waals surface area (Å²) in [6.45, 7) is 2.42. The van der Waals surface area contributed by atoms with E-state index in [0.717, 1.165) is 24.6 Å². The Morgan fingerprint density at radius 2 is 2.10 bits per heavy atom. The van der Waals surface area contributed by atoms with Crippen molar-refractivity contribution < 1.29 is 9.53 Å². The molecule has 1 heterocycles.